The molecule has 5 aromatic rings. The lowest BCUT2D eigenvalue weighted by Gasteiger charge is -2.36. The number of carbonyl (C=O) groups excluding carboxylic acids is 2. The summed E-state index contributed by atoms with van der Waals surface area (Å²) < 4.78 is 6.15. The largest absolute Gasteiger partial charge is 0.459 e. The minimum absolute atomic E-state index is 0.184. The molecule has 15 heteroatoms. The normalized spacial score (nSPS) is 12.6. The smallest absolute Gasteiger partial charge is 0.330 e. The zero-order valence-corrected chi connectivity index (χ0v) is 29.3. The Morgan fingerprint density at radius 3 is 2.00 bits per heavy atom. The Bertz CT molecular complexity index is 2000. The van der Waals surface area contributed by atoms with E-state index in [0.717, 1.165) is 21.3 Å². The molecule has 1 unspecified atom stereocenters. The lowest BCUT2D eigenvalue weighted by Crippen LogP contribution is -2.46. The second-order valence-electron chi connectivity index (χ2n) is 11.9. The number of hydrogen-bond acceptors (Lipinski definition) is 13. The van der Waals surface area contributed by atoms with Gasteiger partial charge in [-0.15, -0.1) is 16.4 Å². The van der Waals surface area contributed by atoms with Gasteiger partial charge >= 0.3 is 17.1 Å². The number of anilines is 1. The third kappa shape index (κ3) is 8.07. The summed E-state index contributed by atoms with van der Waals surface area (Å²) in [6.07, 6.45) is 0. The van der Waals surface area contributed by atoms with E-state index in [1.807, 2.05) is 91.0 Å². The molecule has 2 heterocycles. The van der Waals surface area contributed by atoms with Crippen LogP contribution >= 0.6 is 23.1 Å². The van der Waals surface area contributed by atoms with Gasteiger partial charge in [-0.2, -0.15) is 0 Å². The fourth-order valence-electron chi connectivity index (χ4n) is 5.10. The van der Waals surface area contributed by atoms with Crippen LogP contribution in [-0.4, -0.2) is 55.3 Å². The highest BCUT2D eigenvalue weighted by atomic mass is 32.2. The van der Waals surface area contributed by atoms with Crippen LogP contribution < -0.4 is 22.2 Å². The number of benzene rings is 3. The van der Waals surface area contributed by atoms with Crippen molar-refractivity contribution in [2.75, 3.05) is 12.4 Å². The predicted molar refractivity (Wildman–Crippen MR) is 192 cm³/mol. The Balaban J connectivity index is 1.49. The number of nitrogens with zero attached hydrogens (tertiary/aromatic N) is 4. The van der Waals surface area contributed by atoms with E-state index >= 15 is 0 Å². The van der Waals surface area contributed by atoms with Crippen molar-refractivity contribution in [2.45, 2.75) is 49.7 Å². The van der Waals surface area contributed by atoms with Gasteiger partial charge in [0.25, 0.3) is 5.12 Å². The second-order valence-corrected chi connectivity index (χ2v) is 13.7. The van der Waals surface area contributed by atoms with Gasteiger partial charge in [-0.05, 0) is 49.2 Å². The summed E-state index contributed by atoms with van der Waals surface area (Å²) in [7, 11) is 1.28. The summed E-state index contributed by atoms with van der Waals surface area (Å²) in [6.45, 7) is 4.53. The highest BCUT2D eigenvalue weighted by molar-refractivity contribution is 8.15. The van der Waals surface area contributed by atoms with Gasteiger partial charge in [0.15, 0.2) is 16.0 Å². The number of thiazole rings is 1. The minimum Gasteiger partial charge on any atom is -0.459 e. The molecule has 0 radical (unpaired) electrons. The van der Waals surface area contributed by atoms with Crippen molar-refractivity contribution in [3.8, 4) is 0 Å². The molecule has 0 saturated heterocycles. The molecule has 2 aromatic heterocycles. The number of ether oxygens (including phenoxy) is 1. The molecule has 4 N–H and O–H groups in total. The standard InChI is InChI=1S/C35H35N7O6S2/c1-34(2,3)48-30(45)25(36)20-42-29(44)28(43)39-40-33(42)50-31(46)27(41-47-4)26-21-49-32(37-26)38-35(22-14-8-5-9-15-22,23-16-10-6-11-17-23)24-18-12-7-13-19-24/h5-19,21,25H,20,36H2,1-4H3,(H,37,38)(H,39,43). The van der Waals surface area contributed by atoms with Crippen LogP contribution in [0, 0.1) is 0 Å². The summed E-state index contributed by atoms with van der Waals surface area (Å²) >= 11 is 1.74. The van der Waals surface area contributed by atoms with Crippen molar-refractivity contribution in [2.24, 2.45) is 10.9 Å². The lowest BCUT2D eigenvalue weighted by molar-refractivity contribution is -0.156. The average molecular weight is 714 g/mol. The van der Waals surface area contributed by atoms with Gasteiger partial charge in [-0.1, -0.05) is 96.2 Å². The Morgan fingerprint density at radius 2 is 1.50 bits per heavy atom. The average Bonchev–Trinajstić information content (AvgIpc) is 3.57. The van der Waals surface area contributed by atoms with E-state index in [1.165, 1.54) is 18.4 Å². The van der Waals surface area contributed by atoms with Gasteiger partial charge in [-0.25, -0.2) is 10.1 Å². The van der Waals surface area contributed by atoms with Crippen molar-refractivity contribution in [3.63, 3.8) is 0 Å². The van der Waals surface area contributed by atoms with Gasteiger partial charge in [0, 0.05) is 5.38 Å². The van der Waals surface area contributed by atoms with Gasteiger partial charge in [-0.3, -0.25) is 23.7 Å². The lowest BCUT2D eigenvalue weighted by atomic mass is 9.77. The number of H-pyrrole nitrogens is 1. The molecule has 0 aliphatic carbocycles. The molecule has 0 spiro atoms. The van der Waals surface area contributed by atoms with E-state index in [-0.39, 0.29) is 16.6 Å². The zero-order chi connectivity index (χ0) is 35.9. The topological polar surface area (TPSA) is 184 Å². The van der Waals surface area contributed by atoms with Gasteiger partial charge in [0.1, 0.15) is 30.0 Å². The van der Waals surface area contributed by atoms with E-state index in [1.54, 1.807) is 26.2 Å². The van der Waals surface area contributed by atoms with E-state index in [4.69, 9.17) is 20.3 Å². The molecule has 0 aliphatic rings. The highest BCUT2D eigenvalue weighted by Gasteiger charge is 2.37. The summed E-state index contributed by atoms with van der Waals surface area (Å²) in [4.78, 5) is 61.1. The van der Waals surface area contributed by atoms with Crippen molar-refractivity contribution < 1.29 is 19.2 Å². The quantitative estimate of drug-likeness (QED) is 0.0422. The van der Waals surface area contributed by atoms with Crippen LogP contribution in [0.25, 0.3) is 0 Å². The molecular formula is C35H35N7O6S2. The van der Waals surface area contributed by atoms with Crippen molar-refractivity contribution in [1.82, 2.24) is 19.7 Å². The number of carbonyl (C=O) groups is 2. The van der Waals surface area contributed by atoms with Gasteiger partial charge < -0.3 is 20.6 Å². The number of nitrogens with two attached hydrogens (primary N) is 1. The zero-order valence-electron chi connectivity index (χ0n) is 27.7. The molecule has 1 atom stereocenters. The van der Waals surface area contributed by atoms with Crippen LogP contribution in [0.2, 0.25) is 0 Å². The monoisotopic (exact) mass is 713 g/mol. The molecule has 0 aliphatic heterocycles. The molecule has 5 rings (SSSR count). The first-order valence-corrected chi connectivity index (χ1v) is 17.0. The maximum Gasteiger partial charge on any atom is 0.330 e. The fourth-order valence-corrected chi connectivity index (χ4v) is 6.61. The molecule has 0 fully saturated rings. The summed E-state index contributed by atoms with van der Waals surface area (Å²) in [5, 5.41) is 14.8. The molecule has 0 saturated carbocycles. The Hall–Kier alpha value is -5.38. The van der Waals surface area contributed by atoms with Crippen LogP contribution in [0.4, 0.5) is 5.13 Å². The first kappa shape index (κ1) is 35.9. The van der Waals surface area contributed by atoms with Crippen LogP contribution in [-0.2, 0) is 31.2 Å². The van der Waals surface area contributed by atoms with Gasteiger partial charge in [0.2, 0.25) is 0 Å². The van der Waals surface area contributed by atoms with E-state index in [0.29, 0.717) is 16.9 Å². The summed E-state index contributed by atoms with van der Waals surface area (Å²) in [5.41, 5.74) is 5.07. The first-order chi connectivity index (χ1) is 23.9. The van der Waals surface area contributed by atoms with Gasteiger partial charge in [0.05, 0.1) is 6.54 Å². The number of nitrogens with one attached hydrogen (secondary N) is 2. The van der Waals surface area contributed by atoms with Crippen LogP contribution in [0.1, 0.15) is 43.2 Å². The van der Waals surface area contributed by atoms with E-state index in [2.05, 4.69) is 20.7 Å². The number of esters is 1. The Morgan fingerprint density at radius 1 is 0.960 bits per heavy atom. The third-order valence-electron chi connectivity index (χ3n) is 7.23. The Kier molecular flexibility index (Phi) is 11.1. The molecular weight excluding hydrogens is 679 g/mol. The van der Waals surface area contributed by atoms with Crippen molar-refractivity contribution in [1.29, 1.82) is 0 Å². The maximum absolute atomic E-state index is 13.7. The molecule has 258 valence electrons. The molecule has 13 nitrogen and oxygen atoms in total. The van der Waals surface area contributed by atoms with Crippen LogP contribution in [0.5, 0.6) is 0 Å². The number of hydrogen-bond donors (Lipinski definition) is 3. The number of aromatic amines is 1. The first-order valence-electron chi connectivity index (χ1n) is 15.3. The molecule has 0 bridgehead atoms. The van der Waals surface area contributed by atoms with Crippen LogP contribution in [0.15, 0.2) is 116 Å². The Labute approximate surface area is 295 Å². The predicted octanol–water partition coefficient (Wildman–Crippen LogP) is 4.13. The fraction of sp³-hybridized carbons (Fsp3) is 0.229. The van der Waals surface area contributed by atoms with Crippen molar-refractivity contribution in [3.05, 3.63) is 139 Å². The highest BCUT2D eigenvalue weighted by Crippen LogP contribution is 2.40. The molecule has 0 amide bonds. The number of oxime groups is 1. The molecule has 50 heavy (non-hydrogen) atoms. The maximum atomic E-state index is 13.7. The minimum atomic E-state index is -1.33. The van der Waals surface area contributed by atoms with E-state index < -0.39 is 45.9 Å². The number of rotatable bonds is 12. The van der Waals surface area contributed by atoms with Crippen LogP contribution in [0.3, 0.4) is 0 Å². The molecule has 3 aromatic carbocycles. The SMILES string of the molecule is CON=C(C(=O)Sc1n[nH]c(=O)c(=O)n1CC(N)C(=O)OC(C)(C)C)c1csc(NC(c2ccccc2)(c2ccccc2)c2ccccc2)n1. The summed E-state index contributed by atoms with van der Waals surface area (Å²) in [5.74, 6) is -0.798. The number of aromatic nitrogens is 4. The second kappa shape index (κ2) is 15.4. The van der Waals surface area contributed by atoms with E-state index in [9.17, 15) is 19.2 Å². The number of thioether (sulfide) groups is 1. The van der Waals surface area contributed by atoms with Crippen molar-refractivity contribution >= 4 is 45.0 Å². The summed E-state index contributed by atoms with van der Waals surface area (Å²) in [6, 6.07) is 28.5. The third-order valence-corrected chi connectivity index (χ3v) is 8.86.